The lowest BCUT2D eigenvalue weighted by atomic mass is 10.2. The molecule has 3 rings (SSSR count). The summed E-state index contributed by atoms with van der Waals surface area (Å²) in [6.07, 6.45) is 3.44. The number of ether oxygens (including phenoxy) is 1. The van der Waals surface area contributed by atoms with Gasteiger partial charge in [0.25, 0.3) is 0 Å². The second kappa shape index (κ2) is 9.63. The molecule has 8 nitrogen and oxygen atoms in total. The van der Waals surface area contributed by atoms with E-state index >= 15 is 0 Å². The summed E-state index contributed by atoms with van der Waals surface area (Å²) in [5.41, 5.74) is 1.92. The molecule has 0 radical (unpaired) electrons. The summed E-state index contributed by atoms with van der Waals surface area (Å²) in [5, 5.41) is 7.19. The van der Waals surface area contributed by atoms with E-state index in [-0.39, 0.29) is 12.5 Å². The molecule has 1 saturated heterocycles. The number of hydrogen-bond acceptors (Lipinski definition) is 6. The molecule has 1 aromatic heterocycles. The van der Waals surface area contributed by atoms with Crippen LogP contribution < -0.4 is 10.2 Å². The topological polar surface area (TPSA) is 67.6 Å². The molecule has 1 N–H and O–H groups in total. The number of rotatable bonds is 8. The highest BCUT2D eigenvalue weighted by atomic mass is 32.1. The molecular formula is C19H26N6O2S. The molecule has 0 spiro atoms. The van der Waals surface area contributed by atoms with Crippen molar-refractivity contribution >= 4 is 29.5 Å². The lowest BCUT2D eigenvalue weighted by Crippen LogP contribution is -2.36. The fourth-order valence-corrected chi connectivity index (χ4v) is 3.26. The Kier molecular flexibility index (Phi) is 6.96. The number of benzene rings is 1. The van der Waals surface area contributed by atoms with Gasteiger partial charge in [-0.3, -0.25) is 9.69 Å². The molecule has 0 unspecified atom stereocenters. The average molecular weight is 403 g/mol. The molecule has 1 aliphatic heterocycles. The minimum atomic E-state index is -0.0846. The van der Waals surface area contributed by atoms with Gasteiger partial charge in [-0.15, -0.1) is 6.58 Å². The molecule has 1 aromatic carbocycles. The highest BCUT2D eigenvalue weighted by Gasteiger charge is 2.12. The van der Waals surface area contributed by atoms with Crippen molar-refractivity contribution in [1.82, 2.24) is 19.2 Å². The van der Waals surface area contributed by atoms with Crippen LogP contribution in [0.3, 0.4) is 0 Å². The molecule has 2 aromatic rings. The van der Waals surface area contributed by atoms with Crippen LogP contribution in [0.2, 0.25) is 0 Å². The predicted molar refractivity (Wildman–Crippen MR) is 112 cm³/mol. The standard InChI is InChI=1S/C19H26N6O2S/c1-3-8-24-14-20-25(19(24)28)15-22(2)13-18(26)21-16-4-6-17(7-5-16)23-9-11-27-12-10-23/h3-7,14H,1,8-13,15H2,2H3,(H,21,26). The summed E-state index contributed by atoms with van der Waals surface area (Å²) in [4.78, 5) is 16.5. The largest absolute Gasteiger partial charge is 0.378 e. The number of morpholine rings is 1. The molecule has 9 heteroatoms. The number of aromatic nitrogens is 3. The van der Waals surface area contributed by atoms with Crippen molar-refractivity contribution < 1.29 is 9.53 Å². The molecule has 150 valence electrons. The van der Waals surface area contributed by atoms with Crippen LogP contribution in [-0.2, 0) is 22.7 Å². The van der Waals surface area contributed by atoms with Crippen LogP contribution in [0, 0.1) is 4.77 Å². The van der Waals surface area contributed by atoms with Crippen molar-refractivity contribution in [3.8, 4) is 0 Å². The zero-order chi connectivity index (χ0) is 19.9. The summed E-state index contributed by atoms with van der Waals surface area (Å²) in [5.74, 6) is -0.0846. The molecule has 0 atom stereocenters. The van der Waals surface area contributed by atoms with Crippen LogP contribution in [-0.4, -0.2) is 65.1 Å². The van der Waals surface area contributed by atoms with Crippen LogP contribution in [0.1, 0.15) is 0 Å². The van der Waals surface area contributed by atoms with E-state index in [4.69, 9.17) is 17.0 Å². The number of amides is 1. The molecule has 0 bridgehead atoms. The van der Waals surface area contributed by atoms with Gasteiger partial charge in [-0.1, -0.05) is 6.08 Å². The first kappa shape index (κ1) is 20.2. The van der Waals surface area contributed by atoms with Crippen LogP contribution in [0.5, 0.6) is 0 Å². The highest BCUT2D eigenvalue weighted by Crippen LogP contribution is 2.19. The highest BCUT2D eigenvalue weighted by molar-refractivity contribution is 7.71. The maximum absolute atomic E-state index is 12.3. The number of carbonyl (C=O) groups excluding carboxylic acids is 1. The van der Waals surface area contributed by atoms with Gasteiger partial charge in [-0.25, -0.2) is 4.68 Å². The Balaban J connectivity index is 1.50. The molecule has 1 aliphatic rings. The SMILES string of the molecule is C=CCn1cnn(CN(C)CC(=O)Nc2ccc(N3CCOCC3)cc2)c1=S. The van der Waals surface area contributed by atoms with Crippen molar-refractivity contribution in [2.45, 2.75) is 13.2 Å². The summed E-state index contributed by atoms with van der Waals surface area (Å²) in [7, 11) is 1.86. The van der Waals surface area contributed by atoms with E-state index in [1.165, 1.54) is 0 Å². The normalized spacial score (nSPS) is 14.3. The average Bonchev–Trinajstić information content (AvgIpc) is 3.03. The number of hydrogen-bond donors (Lipinski definition) is 1. The van der Waals surface area contributed by atoms with Crippen molar-refractivity contribution in [1.29, 1.82) is 0 Å². The van der Waals surface area contributed by atoms with E-state index < -0.39 is 0 Å². The molecule has 2 heterocycles. The quantitative estimate of drug-likeness (QED) is 0.538. The Morgan fingerprint density at radius 2 is 2.07 bits per heavy atom. The van der Waals surface area contributed by atoms with Gasteiger partial charge in [0, 0.05) is 31.0 Å². The lowest BCUT2D eigenvalue weighted by molar-refractivity contribution is -0.117. The van der Waals surface area contributed by atoms with Crippen LogP contribution >= 0.6 is 12.2 Å². The number of allylic oxidation sites excluding steroid dienone is 1. The fourth-order valence-electron chi connectivity index (χ4n) is 3.03. The molecule has 28 heavy (non-hydrogen) atoms. The molecule has 1 amide bonds. The maximum Gasteiger partial charge on any atom is 0.238 e. The van der Waals surface area contributed by atoms with Crippen molar-refractivity contribution in [2.24, 2.45) is 0 Å². The summed E-state index contributed by atoms with van der Waals surface area (Å²) >= 11 is 5.37. The zero-order valence-corrected chi connectivity index (χ0v) is 16.9. The smallest absolute Gasteiger partial charge is 0.238 e. The van der Waals surface area contributed by atoms with Gasteiger partial charge >= 0.3 is 0 Å². The Labute approximate surface area is 170 Å². The van der Waals surface area contributed by atoms with Gasteiger partial charge in [-0.2, -0.15) is 5.10 Å². The first-order chi connectivity index (χ1) is 13.6. The zero-order valence-electron chi connectivity index (χ0n) is 16.1. The van der Waals surface area contributed by atoms with Gasteiger partial charge in [0.2, 0.25) is 5.91 Å². The Morgan fingerprint density at radius 3 is 2.75 bits per heavy atom. The van der Waals surface area contributed by atoms with Crippen LogP contribution in [0.25, 0.3) is 0 Å². The molecule has 0 saturated carbocycles. The summed E-state index contributed by atoms with van der Waals surface area (Å²) < 4.78 is 9.49. The third-order valence-electron chi connectivity index (χ3n) is 4.44. The second-order valence-electron chi connectivity index (χ2n) is 6.70. The van der Waals surface area contributed by atoms with E-state index in [1.54, 1.807) is 17.1 Å². The van der Waals surface area contributed by atoms with Gasteiger partial charge in [-0.05, 0) is 43.5 Å². The number of nitrogens with zero attached hydrogens (tertiary/aromatic N) is 5. The molecule has 1 fully saturated rings. The van der Waals surface area contributed by atoms with E-state index in [1.807, 2.05) is 40.8 Å². The van der Waals surface area contributed by atoms with Crippen molar-refractivity contribution in [2.75, 3.05) is 50.1 Å². The van der Waals surface area contributed by atoms with Gasteiger partial charge in [0.15, 0.2) is 4.77 Å². The monoisotopic (exact) mass is 402 g/mol. The third-order valence-corrected chi connectivity index (χ3v) is 4.88. The third kappa shape index (κ3) is 5.28. The van der Waals surface area contributed by atoms with E-state index in [0.29, 0.717) is 18.0 Å². The number of likely N-dealkylation sites (N-methyl/N-ethyl adjacent to an activating group) is 1. The van der Waals surface area contributed by atoms with Gasteiger partial charge < -0.3 is 19.5 Å². The van der Waals surface area contributed by atoms with Crippen molar-refractivity contribution in [3.05, 3.63) is 48.0 Å². The minimum absolute atomic E-state index is 0.0846. The van der Waals surface area contributed by atoms with E-state index in [0.717, 1.165) is 37.7 Å². The molecule has 0 aliphatic carbocycles. The summed E-state index contributed by atoms with van der Waals surface area (Å²) in [6, 6.07) is 7.90. The van der Waals surface area contributed by atoms with Crippen molar-refractivity contribution in [3.63, 3.8) is 0 Å². The predicted octanol–water partition coefficient (Wildman–Crippen LogP) is 1.96. The van der Waals surface area contributed by atoms with Crippen LogP contribution in [0.4, 0.5) is 11.4 Å². The number of nitrogens with one attached hydrogen (secondary N) is 1. The van der Waals surface area contributed by atoms with Gasteiger partial charge in [0.1, 0.15) is 6.33 Å². The van der Waals surface area contributed by atoms with E-state index in [2.05, 4.69) is 21.9 Å². The second-order valence-corrected chi connectivity index (χ2v) is 7.07. The Morgan fingerprint density at radius 1 is 1.36 bits per heavy atom. The Bertz CT molecular complexity index is 854. The number of carbonyl (C=O) groups is 1. The minimum Gasteiger partial charge on any atom is -0.378 e. The maximum atomic E-state index is 12.3. The fraction of sp³-hybridized carbons (Fsp3) is 0.421. The first-order valence-electron chi connectivity index (χ1n) is 9.21. The summed E-state index contributed by atoms with van der Waals surface area (Å²) in [6.45, 7) is 8.27. The molecular weight excluding hydrogens is 376 g/mol. The van der Waals surface area contributed by atoms with E-state index in [9.17, 15) is 4.79 Å². The Hall–Kier alpha value is -2.49. The van der Waals surface area contributed by atoms with Gasteiger partial charge in [0.05, 0.1) is 26.4 Å². The van der Waals surface area contributed by atoms with Crippen LogP contribution in [0.15, 0.2) is 43.2 Å². The lowest BCUT2D eigenvalue weighted by Gasteiger charge is -2.28. The number of anilines is 2. The first-order valence-corrected chi connectivity index (χ1v) is 9.62.